The molecule has 1 N–H and O–H groups in total. The van der Waals surface area contributed by atoms with Gasteiger partial charge in [-0.3, -0.25) is 0 Å². The zero-order chi connectivity index (χ0) is 11.5. The van der Waals surface area contributed by atoms with E-state index in [0.717, 1.165) is 30.1 Å². The SMILES string of the molecule is Cc1cc(CNCC2CCC2)cc(C)c1F. The molecule has 1 aliphatic rings. The number of nitrogens with one attached hydrogen (secondary N) is 1. The van der Waals surface area contributed by atoms with Crippen LogP contribution in [0.5, 0.6) is 0 Å². The van der Waals surface area contributed by atoms with Crippen LogP contribution in [-0.2, 0) is 6.54 Å². The van der Waals surface area contributed by atoms with Gasteiger partial charge in [0.2, 0.25) is 0 Å². The molecular formula is C14H20FN. The lowest BCUT2D eigenvalue weighted by atomic mass is 9.85. The number of halogens is 1. The number of rotatable bonds is 4. The van der Waals surface area contributed by atoms with Crippen LogP contribution in [-0.4, -0.2) is 6.54 Å². The van der Waals surface area contributed by atoms with Crippen molar-refractivity contribution in [2.45, 2.75) is 39.7 Å². The quantitative estimate of drug-likeness (QED) is 0.822. The molecule has 0 aliphatic heterocycles. The van der Waals surface area contributed by atoms with Crippen molar-refractivity contribution in [1.29, 1.82) is 0 Å². The molecule has 0 atom stereocenters. The summed E-state index contributed by atoms with van der Waals surface area (Å²) in [6.07, 6.45) is 4.13. The minimum absolute atomic E-state index is 0.0669. The molecule has 0 heterocycles. The molecule has 0 saturated heterocycles. The Morgan fingerprint density at radius 3 is 2.38 bits per heavy atom. The summed E-state index contributed by atoms with van der Waals surface area (Å²) in [7, 11) is 0. The Morgan fingerprint density at radius 2 is 1.88 bits per heavy atom. The van der Waals surface area contributed by atoms with E-state index >= 15 is 0 Å². The largest absolute Gasteiger partial charge is 0.312 e. The van der Waals surface area contributed by atoms with Crippen molar-refractivity contribution in [2.24, 2.45) is 5.92 Å². The van der Waals surface area contributed by atoms with E-state index < -0.39 is 0 Å². The highest BCUT2D eigenvalue weighted by Gasteiger charge is 2.16. The lowest BCUT2D eigenvalue weighted by Gasteiger charge is -2.25. The van der Waals surface area contributed by atoms with Gasteiger partial charge in [0.1, 0.15) is 5.82 Å². The Kier molecular flexibility index (Phi) is 3.59. The first kappa shape index (κ1) is 11.6. The number of benzene rings is 1. The normalized spacial score (nSPS) is 16.2. The second-order valence-corrected chi connectivity index (χ2v) is 4.97. The molecule has 0 unspecified atom stereocenters. The van der Waals surface area contributed by atoms with Crippen LogP contribution >= 0.6 is 0 Å². The Morgan fingerprint density at radius 1 is 1.25 bits per heavy atom. The van der Waals surface area contributed by atoms with Crippen molar-refractivity contribution < 1.29 is 4.39 Å². The number of hydrogen-bond donors (Lipinski definition) is 1. The fourth-order valence-corrected chi connectivity index (χ4v) is 2.26. The van der Waals surface area contributed by atoms with E-state index in [1.54, 1.807) is 0 Å². The van der Waals surface area contributed by atoms with Crippen molar-refractivity contribution in [3.63, 3.8) is 0 Å². The Balaban J connectivity index is 1.88. The van der Waals surface area contributed by atoms with Crippen LogP contribution in [0.2, 0.25) is 0 Å². The predicted molar refractivity (Wildman–Crippen MR) is 64.9 cm³/mol. The zero-order valence-corrected chi connectivity index (χ0v) is 10.1. The second-order valence-electron chi connectivity index (χ2n) is 4.97. The molecule has 1 aromatic rings. The minimum atomic E-state index is -0.0669. The third kappa shape index (κ3) is 2.62. The van der Waals surface area contributed by atoms with Crippen molar-refractivity contribution in [3.8, 4) is 0 Å². The first-order chi connectivity index (χ1) is 7.66. The van der Waals surface area contributed by atoms with Gasteiger partial charge in [-0.25, -0.2) is 4.39 Å². The predicted octanol–water partition coefficient (Wildman–Crippen LogP) is 3.33. The molecular weight excluding hydrogens is 201 g/mol. The maximum Gasteiger partial charge on any atom is 0.129 e. The summed E-state index contributed by atoms with van der Waals surface area (Å²) in [5, 5.41) is 3.46. The van der Waals surface area contributed by atoms with Gasteiger partial charge in [-0.2, -0.15) is 0 Å². The van der Waals surface area contributed by atoms with Crippen LogP contribution in [0.15, 0.2) is 12.1 Å². The third-order valence-corrected chi connectivity index (χ3v) is 3.48. The Bertz CT molecular complexity index is 346. The van der Waals surface area contributed by atoms with Gasteiger partial charge in [0.15, 0.2) is 0 Å². The average Bonchev–Trinajstić information content (AvgIpc) is 2.18. The molecule has 1 fully saturated rings. The van der Waals surface area contributed by atoms with Crippen molar-refractivity contribution in [3.05, 3.63) is 34.6 Å². The van der Waals surface area contributed by atoms with Crippen LogP contribution in [0.25, 0.3) is 0 Å². The van der Waals surface area contributed by atoms with E-state index in [4.69, 9.17) is 0 Å². The lowest BCUT2D eigenvalue weighted by molar-refractivity contribution is 0.301. The summed E-state index contributed by atoms with van der Waals surface area (Å²) >= 11 is 0. The summed E-state index contributed by atoms with van der Waals surface area (Å²) in [6.45, 7) is 5.63. The molecule has 0 radical (unpaired) electrons. The molecule has 1 aliphatic carbocycles. The fraction of sp³-hybridized carbons (Fsp3) is 0.571. The monoisotopic (exact) mass is 221 g/mol. The van der Waals surface area contributed by atoms with E-state index in [0.29, 0.717) is 0 Å². The van der Waals surface area contributed by atoms with Crippen LogP contribution in [0.4, 0.5) is 4.39 Å². The van der Waals surface area contributed by atoms with E-state index in [9.17, 15) is 4.39 Å². The summed E-state index contributed by atoms with van der Waals surface area (Å²) in [6, 6.07) is 3.88. The molecule has 1 aromatic carbocycles. The minimum Gasteiger partial charge on any atom is -0.312 e. The molecule has 1 nitrogen and oxygen atoms in total. The van der Waals surface area contributed by atoms with E-state index in [-0.39, 0.29) is 5.82 Å². The van der Waals surface area contributed by atoms with Crippen LogP contribution in [0.3, 0.4) is 0 Å². The van der Waals surface area contributed by atoms with Crippen molar-refractivity contribution in [1.82, 2.24) is 5.32 Å². The zero-order valence-electron chi connectivity index (χ0n) is 10.1. The maximum atomic E-state index is 13.4. The second kappa shape index (κ2) is 4.96. The van der Waals surface area contributed by atoms with Gasteiger partial charge >= 0.3 is 0 Å². The van der Waals surface area contributed by atoms with Crippen molar-refractivity contribution >= 4 is 0 Å². The van der Waals surface area contributed by atoms with Crippen LogP contribution in [0.1, 0.15) is 36.0 Å². The van der Waals surface area contributed by atoms with E-state index in [1.807, 2.05) is 26.0 Å². The molecule has 88 valence electrons. The summed E-state index contributed by atoms with van der Waals surface area (Å²) in [5.74, 6) is 0.811. The highest BCUT2D eigenvalue weighted by Crippen LogP contribution is 2.25. The van der Waals surface area contributed by atoms with Crippen LogP contribution < -0.4 is 5.32 Å². The van der Waals surface area contributed by atoms with Crippen LogP contribution in [0, 0.1) is 25.6 Å². The molecule has 0 spiro atoms. The first-order valence-electron chi connectivity index (χ1n) is 6.13. The van der Waals surface area contributed by atoms with Gasteiger partial charge in [0, 0.05) is 6.54 Å². The first-order valence-corrected chi connectivity index (χ1v) is 6.13. The smallest absolute Gasteiger partial charge is 0.129 e. The average molecular weight is 221 g/mol. The fourth-order valence-electron chi connectivity index (χ4n) is 2.26. The number of aryl methyl sites for hydroxylation is 2. The molecule has 0 bridgehead atoms. The molecule has 1 saturated carbocycles. The van der Waals surface area contributed by atoms with Crippen molar-refractivity contribution in [2.75, 3.05) is 6.54 Å². The van der Waals surface area contributed by atoms with E-state index in [2.05, 4.69) is 5.32 Å². The lowest BCUT2D eigenvalue weighted by Crippen LogP contribution is -2.26. The van der Waals surface area contributed by atoms with Gasteiger partial charge in [0.05, 0.1) is 0 Å². The van der Waals surface area contributed by atoms with Gasteiger partial charge in [-0.1, -0.05) is 18.6 Å². The summed E-state index contributed by atoms with van der Waals surface area (Å²) < 4.78 is 13.4. The van der Waals surface area contributed by atoms with Gasteiger partial charge in [-0.15, -0.1) is 0 Å². The number of hydrogen-bond acceptors (Lipinski definition) is 1. The molecule has 0 amide bonds. The Labute approximate surface area is 97.1 Å². The summed E-state index contributed by atoms with van der Waals surface area (Å²) in [5.41, 5.74) is 2.69. The molecule has 2 rings (SSSR count). The highest BCUT2D eigenvalue weighted by atomic mass is 19.1. The topological polar surface area (TPSA) is 12.0 Å². The molecule has 2 heteroatoms. The Hall–Kier alpha value is -0.890. The van der Waals surface area contributed by atoms with Gasteiger partial charge in [-0.05, 0) is 55.8 Å². The standard InChI is InChI=1S/C14H20FN/c1-10-6-13(7-11(2)14(10)15)9-16-8-12-4-3-5-12/h6-7,12,16H,3-5,8-9H2,1-2H3. The molecule has 16 heavy (non-hydrogen) atoms. The maximum absolute atomic E-state index is 13.4. The van der Waals surface area contributed by atoms with E-state index in [1.165, 1.54) is 24.8 Å². The molecule has 0 aromatic heterocycles. The summed E-state index contributed by atoms with van der Waals surface area (Å²) in [4.78, 5) is 0. The van der Waals surface area contributed by atoms with Gasteiger partial charge < -0.3 is 5.32 Å². The highest BCUT2D eigenvalue weighted by molar-refractivity contribution is 5.30. The third-order valence-electron chi connectivity index (χ3n) is 3.48. The van der Waals surface area contributed by atoms with Gasteiger partial charge in [0.25, 0.3) is 0 Å².